The van der Waals surface area contributed by atoms with Gasteiger partial charge in [0.05, 0.1) is 0 Å². The van der Waals surface area contributed by atoms with Crippen LogP contribution in [-0.4, -0.2) is 24.0 Å². The number of rotatable bonds is 0. The van der Waals surface area contributed by atoms with E-state index in [1.807, 2.05) is 0 Å². The monoisotopic (exact) mass is 167 g/mol. The number of fused-ring (bicyclic) bond motifs is 1. The maximum absolute atomic E-state index is 2.72. The molecule has 0 aromatic carbocycles. The Morgan fingerprint density at radius 1 is 1.25 bits per heavy atom. The number of piperidine rings is 1. The number of nitrogens with zero attached hydrogens (tertiary/aromatic N) is 1. The number of hydrogen-bond acceptors (Lipinski definition) is 1. The van der Waals surface area contributed by atoms with Crippen molar-refractivity contribution in [2.45, 2.75) is 46.1 Å². The summed E-state index contributed by atoms with van der Waals surface area (Å²) in [6.45, 7) is 10.0. The van der Waals surface area contributed by atoms with Gasteiger partial charge in [-0.1, -0.05) is 27.2 Å². The Morgan fingerprint density at radius 2 is 2.00 bits per heavy atom. The van der Waals surface area contributed by atoms with Crippen molar-refractivity contribution in [2.24, 2.45) is 11.3 Å². The molecule has 0 amide bonds. The fraction of sp³-hybridized carbons (Fsp3) is 1.00. The average molecular weight is 167 g/mol. The molecule has 0 unspecified atom stereocenters. The molecule has 0 spiro atoms. The molecule has 0 N–H and O–H groups in total. The van der Waals surface area contributed by atoms with Crippen LogP contribution in [-0.2, 0) is 0 Å². The van der Waals surface area contributed by atoms with Crippen LogP contribution in [0.4, 0.5) is 0 Å². The minimum Gasteiger partial charge on any atom is -0.300 e. The summed E-state index contributed by atoms with van der Waals surface area (Å²) in [5.41, 5.74) is 0.570. The summed E-state index contributed by atoms with van der Waals surface area (Å²) >= 11 is 0. The lowest BCUT2D eigenvalue weighted by molar-refractivity contribution is 0.129. The molecule has 2 aliphatic heterocycles. The molecule has 0 aromatic heterocycles. The molecule has 0 radical (unpaired) electrons. The molecule has 1 heteroatoms. The van der Waals surface area contributed by atoms with Gasteiger partial charge in [-0.2, -0.15) is 0 Å². The zero-order valence-electron chi connectivity index (χ0n) is 8.64. The van der Waals surface area contributed by atoms with Gasteiger partial charge in [-0.25, -0.2) is 0 Å². The molecule has 2 heterocycles. The first-order chi connectivity index (χ1) is 5.62. The predicted molar refractivity (Wildman–Crippen MR) is 52.2 cm³/mol. The van der Waals surface area contributed by atoms with Crippen molar-refractivity contribution >= 4 is 0 Å². The van der Waals surface area contributed by atoms with Crippen LogP contribution in [0.3, 0.4) is 0 Å². The largest absolute Gasteiger partial charge is 0.300 e. The highest BCUT2D eigenvalue weighted by Crippen LogP contribution is 2.44. The molecule has 2 atom stereocenters. The van der Waals surface area contributed by atoms with Crippen molar-refractivity contribution in [3.63, 3.8) is 0 Å². The second-order valence-electron chi connectivity index (χ2n) is 5.23. The second-order valence-corrected chi connectivity index (χ2v) is 5.23. The molecular formula is C11H21N. The molecule has 0 aromatic rings. The Labute approximate surface area is 76.1 Å². The zero-order valence-corrected chi connectivity index (χ0v) is 8.64. The van der Waals surface area contributed by atoms with E-state index in [2.05, 4.69) is 25.7 Å². The Bertz CT molecular complexity index is 174. The topological polar surface area (TPSA) is 3.24 Å². The maximum Gasteiger partial charge on any atom is 0.0150 e. The van der Waals surface area contributed by atoms with E-state index in [9.17, 15) is 0 Å². The average Bonchev–Trinajstić information content (AvgIpc) is 2.25. The van der Waals surface area contributed by atoms with Crippen molar-refractivity contribution < 1.29 is 0 Å². The van der Waals surface area contributed by atoms with Crippen LogP contribution < -0.4 is 0 Å². The van der Waals surface area contributed by atoms with E-state index in [4.69, 9.17) is 0 Å². The van der Waals surface area contributed by atoms with Gasteiger partial charge in [0.2, 0.25) is 0 Å². The first-order valence-corrected chi connectivity index (χ1v) is 5.36. The summed E-state index contributed by atoms with van der Waals surface area (Å²) in [6.07, 6.45) is 4.33. The van der Waals surface area contributed by atoms with Gasteiger partial charge in [-0.15, -0.1) is 0 Å². The van der Waals surface area contributed by atoms with Gasteiger partial charge in [-0.05, 0) is 30.7 Å². The van der Waals surface area contributed by atoms with E-state index in [-0.39, 0.29) is 0 Å². The van der Waals surface area contributed by atoms with Gasteiger partial charge >= 0.3 is 0 Å². The van der Waals surface area contributed by atoms with Crippen molar-refractivity contribution in [2.75, 3.05) is 13.1 Å². The van der Waals surface area contributed by atoms with Crippen molar-refractivity contribution in [3.05, 3.63) is 0 Å². The molecule has 2 fully saturated rings. The molecule has 2 aliphatic rings. The predicted octanol–water partition coefficient (Wildman–Crippen LogP) is 2.52. The highest BCUT2D eigenvalue weighted by Gasteiger charge is 2.45. The van der Waals surface area contributed by atoms with Gasteiger partial charge in [0, 0.05) is 12.6 Å². The molecule has 12 heavy (non-hydrogen) atoms. The van der Waals surface area contributed by atoms with Gasteiger partial charge in [0.25, 0.3) is 0 Å². The van der Waals surface area contributed by atoms with Crippen molar-refractivity contribution in [3.8, 4) is 0 Å². The minimum absolute atomic E-state index is 0.570. The Hall–Kier alpha value is -0.0400. The first-order valence-electron chi connectivity index (χ1n) is 5.36. The summed E-state index contributed by atoms with van der Waals surface area (Å²) < 4.78 is 0. The van der Waals surface area contributed by atoms with Crippen LogP contribution in [0.2, 0.25) is 0 Å². The van der Waals surface area contributed by atoms with E-state index >= 15 is 0 Å². The normalized spacial score (nSPS) is 41.2. The molecule has 1 nitrogen and oxygen atoms in total. The number of hydrogen-bond donors (Lipinski definition) is 0. The van der Waals surface area contributed by atoms with Gasteiger partial charge < -0.3 is 0 Å². The lowest BCUT2D eigenvalue weighted by Gasteiger charge is -2.37. The summed E-state index contributed by atoms with van der Waals surface area (Å²) in [4.78, 5) is 2.72. The van der Waals surface area contributed by atoms with E-state index in [0.717, 1.165) is 12.0 Å². The van der Waals surface area contributed by atoms with Crippen molar-refractivity contribution in [1.82, 2.24) is 4.90 Å². The molecule has 2 saturated heterocycles. The molecule has 0 saturated carbocycles. The van der Waals surface area contributed by atoms with Gasteiger partial charge in [0.1, 0.15) is 0 Å². The Kier molecular flexibility index (Phi) is 1.95. The quantitative estimate of drug-likeness (QED) is 0.536. The van der Waals surface area contributed by atoms with Crippen molar-refractivity contribution in [1.29, 1.82) is 0 Å². The summed E-state index contributed by atoms with van der Waals surface area (Å²) in [7, 11) is 0. The minimum atomic E-state index is 0.570. The third-order valence-corrected chi connectivity index (χ3v) is 4.25. The fourth-order valence-electron chi connectivity index (χ4n) is 2.97. The van der Waals surface area contributed by atoms with Crippen LogP contribution >= 0.6 is 0 Å². The second kappa shape index (κ2) is 2.73. The summed E-state index contributed by atoms with van der Waals surface area (Å²) in [6, 6.07) is 0.890. The first kappa shape index (κ1) is 8.55. The Balaban J connectivity index is 2.16. The maximum atomic E-state index is 2.72. The molecule has 70 valence electrons. The molecular weight excluding hydrogens is 146 g/mol. The Morgan fingerprint density at radius 3 is 2.67 bits per heavy atom. The zero-order chi connectivity index (χ0) is 8.77. The van der Waals surface area contributed by atoms with Gasteiger partial charge in [-0.3, -0.25) is 4.90 Å². The van der Waals surface area contributed by atoms with Crippen LogP contribution in [0.15, 0.2) is 0 Å². The lowest BCUT2D eigenvalue weighted by atomic mass is 9.75. The highest BCUT2D eigenvalue weighted by atomic mass is 15.2. The van der Waals surface area contributed by atoms with E-state index in [1.54, 1.807) is 0 Å². The molecule has 2 rings (SSSR count). The SMILES string of the molecule is C[C@@H]1CN2CCCC[C@@H]2C1(C)C. The third-order valence-electron chi connectivity index (χ3n) is 4.25. The standard InChI is InChI=1S/C11H21N/c1-9-8-12-7-5-4-6-10(12)11(9,2)3/h9-10H,4-8H2,1-3H3/t9-,10-/m1/s1. The van der Waals surface area contributed by atoms with Crippen LogP contribution in [0.25, 0.3) is 0 Å². The molecule has 0 bridgehead atoms. The van der Waals surface area contributed by atoms with Crippen LogP contribution in [0, 0.1) is 11.3 Å². The summed E-state index contributed by atoms with van der Waals surface area (Å²) in [5, 5.41) is 0. The highest BCUT2D eigenvalue weighted by molar-refractivity contribution is 4.98. The van der Waals surface area contributed by atoms with E-state index in [0.29, 0.717) is 5.41 Å². The van der Waals surface area contributed by atoms with Crippen LogP contribution in [0.1, 0.15) is 40.0 Å². The lowest BCUT2D eigenvalue weighted by Crippen LogP contribution is -2.40. The third kappa shape index (κ3) is 1.10. The summed E-state index contributed by atoms with van der Waals surface area (Å²) in [5.74, 6) is 0.889. The van der Waals surface area contributed by atoms with Gasteiger partial charge in [0.15, 0.2) is 0 Å². The smallest absolute Gasteiger partial charge is 0.0150 e. The molecule has 0 aliphatic carbocycles. The fourth-order valence-corrected chi connectivity index (χ4v) is 2.97. The van der Waals surface area contributed by atoms with E-state index < -0.39 is 0 Å². The van der Waals surface area contributed by atoms with Crippen LogP contribution in [0.5, 0.6) is 0 Å². The van der Waals surface area contributed by atoms with E-state index in [1.165, 1.54) is 32.4 Å².